The predicted molar refractivity (Wildman–Crippen MR) is 94.2 cm³/mol. The van der Waals surface area contributed by atoms with Crippen molar-refractivity contribution in [2.45, 2.75) is 6.92 Å². The van der Waals surface area contributed by atoms with Crippen LogP contribution in [0.25, 0.3) is 0 Å². The average molecular weight is 340 g/mol. The van der Waals surface area contributed by atoms with Crippen LogP contribution in [-0.2, 0) is 4.79 Å². The topological polar surface area (TPSA) is 67.9 Å². The molecule has 2 aromatic carbocycles. The van der Waals surface area contributed by atoms with Gasteiger partial charge in [-0.3, -0.25) is 9.59 Å². The molecule has 6 nitrogen and oxygen atoms in total. The van der Waals surface area contributed by atoms with E-state index >= 15 is 0 Å². The molecule has 1 heterocycles. The Morgan fingerprint density at radius 3 is 2.92 bits per heavy atom. The van der Waals surface area contributed by atoms with E-state index in [1.165, 1.54) is 0 Å². The number of ether oxygens (including phenoxy) is 2. The number of anilines is 1. The van der Waals surface area contributed by atoms with Crippen molar-refractivity contribution in [3.05, 3.63) is 53.6 Å². The second-order valence-corrected chi connectivity index (χ2v) is 5.94. The highest BCUT2D eigenvalue weighted by atomic mass is 16.5. The molecule has 0 bridgehead atoms. The van der Waals surface area contributed by atoms with Gasteiger partial charge in [-0.05, 0) is 42.8 Å². The Morgan fingerprint density at radius 1 is 1.28 bits per heavy atom. The first-order valence-electron chi connectivity index (χ1n) is 8.04. The molecule has 0 spiro atoms. The number of carbonyl (C=O) groups is 2. The third-order valence-electron chi connectivity index (χ3n) is 3.89. The molecule has 0 aliphatic carbocycles. The van der Waals surface area contributed by atoms with Crippen molar-refractivity contribution in [3.63, 3.8) is 0 Å². The van der Waals surface area contributed by atoms with Crippen molar-refractivity contribution in [1.82, 2.24) is 4.90 Å². The number of likely N-dealkylation sites (N-methyl/N-ethyl adjacent to an activating group) is 1. The molecule has 1 N–H and O–H groups in total. The van der Waals surface area contributed by atoms with E-state index in [9.17, 15) is 9.59 Å². The van der Waals surface area contributed by atoms with E-state index in [4.69, 9.17) is 9.47 Å². The minimum Gasteiger partial charge on any atom is -0.492 e. The van der Waals surface area contributed by atoms with Crippen LogP contribution in [0.3, 0.4) is 0 Å². The average Bonchev–Trinajstić information content (AvgIpc) is 2.60. The number of benzene rings is 2. The molecular weight excluding hydrogens is 320 g/mol. The van der Waals surface area contributed by atoms with E-state index in [1.54, 1.807) is 30.1 Å². The molecule has 3 rings (SSSR count). The summed E-state index contributed by atoms with van der Waals surface area (Å²) in [6, 6.07) is 12.8. The van der Waals surface area contributed by atoms with Gasteiger partial charge in [0.15, 0.2) is 6.61 Å². The van der Waals surface area contributed by atoms with Gasteiger partial charge in [-0.15, -0.1) is 0 Å². The predicted octanol–water partition coefficient (Wildman–Crippen LogP) is 2.48. The van der Waals surface area contributed by atoms with Gasteiger partial charge in [0.1, 0.15) is 18.1 Å². The summed E-state index contributed by atoms with van der Waals surface area (Å²) in [5, 5.41) is 2.70. The second-order valence-electron chi connectivity index (χ2n) is 5.94. The smallest absolute Gasteiger partial charge is 0.262 e. The van der Waals surface area contributed by atoms with Crippen LogP contribution in [0, 0.1) is 6.92 Å². The van der Waals surface area contributed by atoms with Gasteiger partial charge in [0.05, 0.1) is 12.2 Å². The molecule has 0 saturated heterocycles. The van der Waals surface area contributed by atoms with E-state index in [1.807, 2.05) is 31.2 Å². The number of nitrogens with zero attached hydrogens (tertiary/aromatic N) is 1. The molecule has 6 heteroatoms. The zero-order valence-corrected chi connectivity index (χ0v) is 14.2. The van der Waals surface area contributed by atoms with E-state index in [-0.39, 0.29) is 18.4 Å². The van der Waals surface area contributed by atoms with Crippen molar-refractivity contribution in [3.8, 4) is 11.5 Å². The number of aryl methyl sites for hydroxylation is 1. The molecule has 2 aromatic rings. The zero-order chi connectivity index (χ0) is 17.8. The third-order valence-corrected chi connectivity index (χ3v) is 3.89. The summed E-state index contributed by atoms with van der Waals surface area (Å²) in [7, 11) is 1.73. The lowest BCUT2D eigenvalue weighted by Gasteiger charge is -2.21. The zero-order valence-electron chi connectivity index (χ0n) is 14.2. The van der Waals surface area contributed by atoms with Crippen LogP contribution in [0.2, 0.25) is 0 Å². The maximum absolute atomic E-state index is 12.5. The first-order valence-corrected chi connectivity index (χ1v) is 8.04. The molecule has 0 saturated carbocycles. The van der Waals surface area contributed by atoms with Crippen molar-refractivity contribution in [2.75, 3.05) is 32.1 Å². The lowest BCUT2D eigenvalue weighted by atomic mass is 10.1. The fraction of sp³-hybridized carbons (Fsp3) is 0.263. The van der Waals surface area contributed by atoms with Gasteiger partial charge < -0.3 is 19.7 Å². The largest absolute Gasteiger partial charge is 0.492 e. The van der Waals surface area contributed by atoms with E-state index < -0.39 is 0 Å². The summed E-state index contributed by atoms with van der Waals surface area (Å²) in [6.45, 7) is 2.83. The summed E-state index contributed by atoms with van der Waals surface area (Å²) in [5.41, 5.74) is 2.22. The molecule has 25 heavy (non-hydrogen) atoms. The SMILES string of the molecule is Cc1cccc(OCCN(C)C(=O)c2ccc3c(c2)OCC(=O)N3)c1. The van der Waals surface area contributed by atoms with Crippen molar-refractivity contribution >= 4 is 17.5 Å². The van der Waals surface area contributed by atoms with Crippen molar-refractivity contribution in [2.24, 2.45) is 0 Å². The van der Waals surface area contributed by atoms with Gasteiger partial charge in [0, 0.05) is 12.6 Å². The number of nitrogens with one attached hydrogen (secondary N) is 1. The van der Waals surface area contributed by atoms with Gasteiger partial charge in [-0.25, -0.2) is 0 Å². The first kappa shape index (κ1) is 16.8. The Labute approximate surface area is 146 Å². The third kappa shape index (κ3) is 4.09. The molecular formula is C19H20N2O4. The Balaban J connectivity index is 1.58. The quantitative estimate of drug-likeness (QED) is 0.908. The Kier molecular flexibility index (Phi) is 4.88. The summed E-state index contributed by atoms with van der Waals surface area (Å²) in [6.07, 6.45) is 0. The van der Waals surface area contributed by atoms with Gasteiger partial charge in [-0.1, -0.05) is 12.1 Å². The van der Waals surface area contributed by atoms with Crippen LogP contribution < -0.4 is 14.8 Å². The molecule has 1 aliphatic rings. The lowest BCUT2D eigenvalue weighted by Crippen LogP contribution is -2.31. The van der Waals surface area contributed by atoms with Crippen LogP contribution in [-0.4, -0.2) is 43.5 Å². The second kappa shape index (κ2) is 7.25. The monoisotopic (exact) mass is 340 g/mol. The van der Waals surface area contributed by atoms with Gasteiger partial charge in [0.25, 0.3) is 11.8 Å². The molecule has 0 aromatic heterocycles. The summed E-state index contributed by atoms with van der Waals surface area (Å²) in [4.78, 5) is 25.4. The highest BCUT2D eigenvalue weighted by molar-refractivity contribution is 5.98. The van der Waals surface area contributed by atoms with Gasteiger partial charge >= 0.3 is 0 Å². The maximum Gasteiger partial charge on any atom is 0.262 e. The Bertz CT molecular complexity index is 804. The lowest BCUT2D eigenvalue weighted by molar-refractivity contribution is -0.118. The Hall–Kier alpha value is -3.02. The van der Waals surface area contributed by atoms with Crippen LogP contribution in [0.1, 0.15) is 15.9 Å². The summed E-state index contributed by atoms with van der Waals surface area (Å²) in [5.74, 6) is 0.974. The number of carbonyl (C=O) groups excluding carboxylic acids is 2. The summed E-state index contributed by atoms with van der Waals surface area (Å²) >= 11 is 0. The van der Waals surface area contributed by atoms with Gasteiger partial charge in [0.2, 0.25) is 0 Å². The minimum absolute atomic E-state index is 0.0369. The van der Waals surface area contributed by atoms with E-state index in [0.29, 0.717) is 30.2 Å². The van der Waals surface area contributed by atoms with Crippen LogP contribution in [0.4, 0.5) is 5.69 Å². The number of fused-ring (bicyclic) bond motifs is 1. The normalized spacial score (nSPS) is 12.6. The maximum atomic E-state index is 12.5. The van der Waals surface area contributed by atoms with Crippen molar-refractivity contribution in [1.29, 1.82) is 0 Å². The minimum atomic E-state index is -0.197. The van der Waals surface area contributed by atoms with Gasteiger partial charge in [-0.2, -0.15) is 0 Å². The highest BCUT2D eigenvalue weighted by Crippen LogP contribution is 2.28. The van der Waals surface area contributed by atoms with E-state index in [0.717, 1.165) is 11.3 Å². The van der Waals surface area contributed by atoms with E-state index in [2.05, 4.69) is 5.32 Å². The molecule has 1 aliphatic heterocycles. The number of amides is 2. The molecule has 0 fully saturated rings. The van der Waals surface area contributed by atoms with Crippen molar-refractivity contribution < 1.29 is 19.1 Å². The Morgan fingerprint density at radius 2 is 2.12 bits per heavy atom. The fourth-order valence-electron chi connectivity index (χ4n) is 2.54. The number of rotatable bonds is 5. The number of hydrogen-bond acceptors (Lipinski definition) is 4. The fourth-order valence-corrected chi connectivity index (χ4v) is 2.54. The first-order chi connectivity index (χ1) is 12.0. The molecule has 0 unspecified atom stereocenters. The number of hydrogen-bond donors (Lipinski definition) is 1. The molecule has 0 atom stereocenters. The van der Waals surface area contributed by atoms with Crippen LogP contribution in [0.15, 0.2) is 42.5 Å². The van der Waals surface area contributed by atoms with Crippen LogP contribution >= 0.6 is 0 Å². The molecule has 130 valence electrons. The standard InChI is InChI=1S/C19H20N2O4/c1-13-4-3-5-15(10-13)24-9-8-21(2)19(23)14-6-7-16-17(11-14)25-12-18(22)20-16/h3-7,10-11H,8-9,12H2,1-2H3,(H,20,22). The molecule has 2 amide bonds. The molecule has 0 radical (unpaired) electrons. The summed E-state index contributed by atoms with van der Waals surface area (Å²) < 4.78 is 11.0. The highest BCUT2D eigenvalue weighted by Gasteiger charge is 2.19. The van der Waals surface area contributed by atoms with Crippen LogP contribution in [0.5, 0.6) is 11.5 Å².